The summed E-state index contributed by atoms with van der Waals surface area (Å²) in [6.45, 7) is 11.7. The normalized spacial score (nSPS) is 14.0. The molecule has 0 saturated carbocycles. The van der Waals surface area contributed by atoms with Crippen LogP contribution in [0.5, 0.6) is 0 Å². The smallest absolute Gasteiger partial charge is 0.0925 e. The van der Waals surface area contributed by atoms with Crippen molar-refractivity contribution in [2.75, 3.05) is 0 Å². The minimum absolute atomic E-state index is 0.244. The minimum atomic E-state index is 0.244. The molecule has 1 aromatic heterocycles. The second-order valence-corrected chi connectivity index (χ2v) is 8.97. The Labute approximate surface area is 170 Å². The van der Waals surface area contributed by atoms with E-state index < -0.39 is 0 Å². The molecule has 1 N–H and O–H groups in total. The summed E-state index contributed by atoms with van der Waals surface area (Å²) in [6, 6.07) is 0. The van der Waals surface area contributed by atoms with Crippen LogP contribution in [0.15, 0.2) is 6.33 Å². The van der Waals surface area contributed by atoms with Gasteiger partial charge in [-0.05, 0) is 25.7 Å². The lowest BCUT2D eigenvalue weighted by molar-refractivity contribution is 0.355. The monoisotopic (exact) mass is 376 g/mol. The molecule has 1 atom stereocenters. The van der Waals surface area contributed by atoms with Gasteiger partial charge in [0.25, 0.3) is 0 Å². The van der Waals surface area contributed by atoms with Crippen LogP contribution in [0.1, 0.15) is 148 Å². The molecule has 2 heteroatoms. The van der Waals surface area contributed by atoms with Gasteiger partial charge in [0.1, 0.15) is 0 Å². The third kappa shape index (κ3) is 8.40. The number of nitrogens with one attached hydrogen (secondary N) is 1. The molecule has 0 aliphatic heterocycles. The summed E-state index contributed by atoms with van der Waals surface area (Å²) in [6.07, 6.45) is 21.8. The first-order valence-corrected chi connectivity index (χ1v) is 12.2. The summed E-state index contributed by atoms with van der Waals surface area (Å²) < 4.78 is 0. The Morgan fingerprint density at radius 1 is 0.778 bits per heavy atom. The van der Waals surface area contributed by atoms with Crippen LogP contribution in [0.2, 0.25) is 0 Å². The van der Waals surface area contributed by atoms with Crippen molar-refractivity contribution >= 4 is 0 Å². The molecule has 0 fully saturated rings. The highest BCUT2D eigenvalue weighted by molar-refractivity contribution is 5.25. The van der Waals surface area contributed by atoms with Gasteiger partial charge in [0.15, 0.2) is 0 Å². The maximum atomic E-state index is 4.94. The third-order valence-electron chi connectivity index (χ3n) is 6.38. The van der Waals surface area contributed by atoms with Gasteiger partial charge in [-0.25, -0.2) is 4.98 Å². The zero-order valence-corrected chi connectivity index (χ0v) is 19.2. The maximum absolute atomic E-state index is 4.94. The lowest BCUT2D eigenvalue weighted by atomic mass is 9.74. The fourth-order valence-electron chi connectivity index (χ4n) is 4.50. The molecular formula is C25H48N2. The van der Waals surface area contributed by atoms with E-state index >= 15 is 0 Å². The number of H-pyrrole nitrogens is 1. The lowest BCUT2D eigenvalue weighted by Gasteiger charge is -2.31. The van der Waals surface area contributed by atoms with Crippen molar-refractivity contribution in [2.45, 2.75) is 142 Å². The standard InChI is InChI=1S/C25H48N2/c1-6-10-14-17-22(18-15-11-7-2)23-24(27-21-26-23)25(5,19-13-9-4)20-16-12-8-3/h21-22H,6-20H2,1-5H3,(H,26,27). The van der Waals surface area contributed by atoms with Gasteiger partial charge in [-0.1, -0.05) is 105 Å². The average Bonchev–Trinajstić information content (AvgIpc) is 3.16. The number of aromatic nitrogens is 2. The fourth-order valence-corrected chi connectivity index (χ4v) is 4.50. The number of rotatable bonds is 17. The Bertz CT molecular complexity index is 455. The number of aromatic amines is 1. The van der Waals surface area contributed by atoms with Gasteiger partial charge in [0.2, 0.25) is 0 Å². The molecule has 0 aliphatic rings. The fraction of sp³-hybridized carbons (Fsp3) is 0.880. The Hall–Kier alpha value is -0.790. The molecule has 2 nitrogen and oxygen atoms in total. The number of nitrogens with zero attached hydrogens (tertiary/aromatic N) is 1. The molecule has 0 spiro atoms. The Morgan fingerprint density at radius 2 is 1.30 bits per heavy atom. The molecule has 0 saturated heterocycles. The van der Waals surface area contributed by atoms with Crippen molar-refractivity contribution in [3.05, 3.63) is 17.7 Å². The molecule has 0 amide bonds. The molecular weight excluding hydrogens is 328 g/mol. The molecule has 0 aromatic carbocycles. The van der Waals surface area contributed by atoms with Crippen LogP contribution in [-0.4, -0.2) is 9.97 Å². The second kappa shape index (κ2) is 14.2. The van der Waals surface area contributed by atoms with Crippen molar-refractivity contribution in [3.8, 4) is 0 Å². The van der Waals surface area contributed by atoms with Crippen LogP contribution < -0.4 is 0 Å². The van der Waals surface area contributed by atoms with Gasteiger partial charge in [0, 0.05) is 17.0 Å². The molecule has 1 aromatic rings. The summed E-state index contributed by atoms with van der Waals surface area (Å²) in [5.41, 5.74) is 3.14. The van der Waals surface area contributed by atoms with E-state index in [0.29, 0.717) is 5.92 Å². The van der Waals surface area contributed by atoms with E-state index in [1.165, 1.54) is 108 Å². The van der Waals surface area contributed by atoms with Crippen LogP contribution in [0.4, 0.5) is 0 Å². The predicted molar refractivity (Wildman–Crippen MR) is 121 cm³/mol. The van der Waals surface area contributed by atoms with Crippen LogP contribution in [0.25, 0.3) is 0 Å². The topological polar surface area (TPSA) is 28.7 Å². The van der Waals surface area contributed by atoms with Crippen molar-refractivity contribution in [2.24, 2.45) is 0 Å². The van der Waals surface area contributed by atoms with Gasteiger partial charge in [-0.2, -0.15) is 0 Å². The summed E-state index contributed by atoms with van der Waals surface area (Å²) in [5.74, 6) is 0.674. The Morgan fingerprint density at radius 3 is 1.85 bits per heavy atom. The quantitative estimate of drug-likeness (QED) is 0.271. The minimum Gasteiger partial charge on any atom is -0.348 e. The van der Waals surface area contributed by atoms with Crippen molar-refractivity contribution in [1.29, 1.82) is 0 Å². The molecule has 1 heterocycles. The van der Waals surface area contributed by atoms with E-state index in [2.05, 4.69) is 39.6 Å². The van der Waals surface area contributed by atoms with E-state index in [9.17, 15) is 0 Å². The van der Waals surface area contributed by atoms with Crippen LogP contribution >= 0.6 is 0 Å². The molecule has 0 aliphatic carbocycles. The molecule has 27 heavy (non-hydrogen) atoms. The van der Waals surface area contributed by atoms with Gasteiger partial charge in [-0.3, -0.25) is 0 Å². The molecule has 1 unspecified atom stereocenters. The zero-order chi connectivity index (χ0) is 20.0. The SMILES string of the molecule is CCCCCC(CCCCC)c1[nH]cnc1C(C)(CCCC)CCCCC. The molecule has 0 bridgehead atoms. The number of unbranched alkanes of at least 4 members (excludes halogenated alkanes) is 7. The van der Waals surface area contributed by atoms with Crippen molar-refractivity contribution < 1.29 is 0 Å². The first-order valence-electron chi connectivity index (χ1n) is 12.2. The molecule has 158 valence electrons. The number of hydrogen-bond donors (Lipinski definition) is 1. The second-order valence-electron chi connectivity index (χ2n) is 8.97. The highest BCUT2D eigenvalue weighted by Gasteiger charge is 2.32. The summed E-state index contributed by atoms with van der Waals surface area (Å²) >= 11 is 0. The van der Waals surface area contributed by atoms with Gasteiger partial charge < -0.3 is 4.98 Å². The van der Waals surface area contributed by atoms with Gasteiger partial charge in [-0.15, -0.1) is 0 Å². The average molecular weight is 377 g/mol. The van der Waals surface area contributed by atoms with Crippen LogP contribution in [-0.2, 0) is 5.41 Å². The number of imidazole rings is 1. The van der Waals surface area contributed by atoms with Gasteiger partial charge >= 0.3 is 0 Å². The van der Waals surface area contributed by atoms with E-state index in [1.807, 2.05) is 6.33 Å². The van der Waals surface area contributed by atoms with E-state index in [0.717, 1.165) is 0 Å². The van der Waals surface area contributed by atoms with Gasteiger partial charge in [0.05, 0.1) is 12.0 Å². The van der Waals surface area contributed by atoms with Crippen molar-refractivity contribution in [1.82, 2.24) is 9.97 Å². The zero-order valence-electron chi connectivity index (χ0n) is 19.2. The predicted octanol–water partition coefficient (Wildman–Crippen LogP) is 8.68. The largest absolute Gasteiger partial charge is 0.348 e. The first kappa shape index (κ1) is 24.2. The highest BCUT2D eigenvalue weighted by atomic mass is 14.9. The van der Waals surface area contributed by atoms with Crippen LogP contribution in [0, 0.1) is 0 Å². The molecule has 1 rings (SSSR count). The van der Waals surface area contributed by atoms with Crippen molar-refractivity contribution in [3.63, 3.8) is 0 Å². The third-order valence-corrected chi connectivity index (χ3v) is 6.38. The number of hydrogen-bond acceptors (Lipinski definition) is 1. The van der Waals surface area contributed by atoms with E-state index in [1.54, 1.807) is 0 Å². The highest BCUT2D eigenvalue weighted by Crippen LogP contribution is 2.40. The lowest BCUT2D eigenvalue weighted by Crippen LogP contribution is -2.25. The van der Waals surface area contributed by atoms with Crippen LogP contribution in [0.3, 0.4) is 0 Å². The summed E-state index contributed by atoms with van der Waals surface area (Å²) in [7, 11) is 0. The van der Waals surface area contributed by atoms with E-state index in [-0.39, 0.29) is 5.41 Å². The first-order chi connectivity index (χ1) is 13.1. The Balaban J connectivity index is 3.00. The molecule has 0 radical (unpaired) electrons. The van der Waals surface area contributed by atoms with E-state index in [4.69, 9.17) is 4.98 Å². The summed E-state index contributed by atoms with van der Waals surface area (Å²) in [4.78, 5) is 8.56. The Kier molecular flexibility index (Phi) is 12.8. The summed E-state index contributed by atoms with van der Waals surface area (Å²) in [5, 5.41) is 0. The maximum Gasteiger partial charge on any atom is 0.0925 e.